The third kappa shape index (κ3) is 40.6. The highest BCUT2D eigenvalue weighted by Gasteiger charge is 2.24. The Kier molecular flexibility index (Phi) is 43.6. The molecule has 0 aromatic carbocycles. The summed E-state index contributed by atoms with van der Waals surface area (Å²) in [5.41, 5.74) is 0. The quantitative estimate of drug-likeness (QED) is 0.0324. The Morgan fingerprint density at radius 3 is 1.44 bits per heavy atom. The van der Waals surface area contributed by atoms with Gasteiger partial charge < -0.3 is 20.3 Å². The van der Waals surface area contributed by atoms with E-state index in [0.29, 0.717) is 19.3 Å². The van der Waals surface area contributed by atoms with Crippen LogP contribution < -0.4 is 5.32 Å². The Balaban J connectivity index is 4.54. The standard InChI is InChI=1S/C51H95NO5/c1-4-7-10-13-16-19-21-23-25-27-29-32-34-37-40-43-49(54)48(46-53)52-50(55)45-47(57-51(56)44-41-38-35-30-18-15-12-9-6-3)42-39-36-33-31-28-26-24-22-20-17-14-11-8-5-2/h8,11,17,20,24,26,47-49,53-54H,4-7,9-10,12-16,18-19,21-23,25,27-46H2,1-3H3,(H,52,55)/b11-8+,20-17+,26-24+. The van der Waals surface area contributed by atoms with Gasteiger partial charge in [-0.15, -0.1) is 0 Å². The molecule has 3 atom stereocenters. The van der Waals surface area contributed by atoms with Crippen LogP contribution >= 0.6 is 0 Å². The summed E-state index contributed by atoms with van der Waals surface area (Å²) < 4.78 is 5.90. The number of carbonyl (C=O) groups excluding carboxylic acids is 2. The second kappa shape index (κ2) is 45.2. The van der Waals surface area contributed by atoms with Crippen molar-refractivity contribution in [2.24, 2.45) is 0 Å². The van der Waals surface area contributed by atoms with Crippen LogP contribution in [-0.2, 0) is 14.3 Å². The minimum absolute atomic E-state index is 0.0656. The molecule has 1 amide bonds. The maximum atomic E-state index is 13.2. The molecule has 0 rings (SSSR count). The van der Waals surface area contributed by atoms with Gasteiger partial charge in [-0.25, -0.2) is 0 Å². The predicted molar refractivity (Wildman–Crippen MR) is 246 cm³/mol. The predicted octanol–water partition coefficient (Wildman–Crippen LogP) is 14.5. The normalized spacial score (nSPS) is 13.6. The van der Waals surface area contributed by atoms with E-state index in [1.54, 1.807) is 0 Å². The zero-order chi connectivity index (χ0) is 41.7. The maximum Gasteiger partial charge on any atom is 0.306 e. The molecule has 0 fully saturated rings. The molecule has 6 nitrogen and oxygen atoms in total. The molecule has 3 N–H and O–H groups in total. The van der Waals surface area contributed by atoms with Crippen LogP contribution in [0, 0.1) is 0 Å². The van der Waals surface area contributed by atoms with E-state index in [9.17, 15) is 19.8 Å². The lowest BCUT2D eigenvalue weighted by Gasteiger charge is -2.24. The lowest BCUT2D eigenvalue weighted by Crippen LogP contribution is -2.46. The molecule has 0 spiro atoms. The van der Waals surface area contributed by atoms with Crippen LogP contribution in [0.4, 0.5) is 0 Å². The van der Waals surface area contributed by atoms with Crippen molar-refractivity contribution in [1.82, 2.24) is 5.32 Å². The highest BCUT2D eigenvalue weighted by Crippen LogP contribution is 2.18. The lowest BCUT2D eigenvalue weighted by molar-refractivity contribution is -0.151. The first kappa shape index (κ1) is 55.1. The summed E-state index contributed by atoms with van der Waals surface area (Å²) in [7, 11) is 0. The van der Waals surface area contributed by atoms with Crippen LogP contribution in [0.15, 0.2) is 36.5 Å². The molecule has 0 radical (unpaired) electrons. The number of ether oxygens (including phenoxy) is 1. The van der Waals surface area contributed by atoms with Crippen molar-refractivity contribution in [2.45, 2.75) is 270 Å². The van der Waals surface area contributed by atoms with Crippen LogP contribution in [0.5, 0.6) is 0 Å². The van der Waals surface area contributed by atoms with E-state index in [-0.39, 0.29) is 24.9 Å². The average molecular weight is 802 g/mol. The maximum absolute atomic E-state index is 13.2. The van der Waals surface area contributed by atoms with E-state index >= 15 is 0 Å². The summed E-state index contributed by atoms with van der Waals surface area (Å²) in [5.74, 6) is -0.491. The number of hydrogen-bond donors (Lipinski definition) is 3. The van der Waals surface area contributed by atoms with Gasteiger partial charge in [-0.1, -0.05) is 218 Å². The molecule has 0 aromatic heterocycles. The SMILES string of the molecule is CC/C=C/C/C=C/C/C=C/CCCCCCC(CC(=O)NC(CO)C(O)CCCCCCCCCCCCCCCCC)OC(=O)CCCCCCCCCCC. The number of nitrogens with one attached hydrogen (secondary N) is 1. The number of aliphatic hydroxyl groups excluding tert-OH is 2. The van der Waals surface area contributed by atoms with Crippen molar-refractivity contribution in [2.75, 3.05) is 6.61 Å². The molecule has 0 aromatic rings. The molecule has 0 aliphatic heterocycles. The van der Waals surface area contributed by atoms with E-state index in [2.05, 4.69) is 62.5 Å². The Morgan fingerprint density at radius 1 is 0.526 bits per heavy atom. The van der Waals surface area contributed by atoms with Crippen LogP contribution in [-0.4, -0.2) is 46.9 Å². The van der Waals surface area contributed by atoms with Gasteiger partial charge >= 0.3 is 5.97 Å². The van der Waals surface area contributed by atoms with Crippen molar-refractivity contribution in [1.29, 1.82) is 0 Å². The smallest absolute Gasteiger partial charge is 0.306 e. The largest absolute Gasteiger partial charge is 0.462 e. The summed E-state index contributed by atoms with van der Waals surface area (Å²) in [6, 6.07) is -0.705. The molecule has 3 unspecified atom stereocenters. The van der Waals surface area contributed by atoms with E-state index in [4.69, 9.17) is 4.74 Å². The van der Waals surface area contributed by atoms with Crippen LogP contribution in [0.2, 0.25) is 0 Å². The molecule has 0 bridgehead atoms. The monoisotopic (exact) mass is 802 g/mol. The highest BCUT2D eigenvalue weighted by atomic mass is 16.5. The molecule has 6 heteroatoms. The average Bonchev–Trinajstić information content (AvgIpc) is 3.20. The number of allylic oxidation sites excluding steroid dienone is 6. The third-order valence-corrected chi connectivity index (χ3v) is 11.2. The Hall–Kier alpha value is -1.92. The molecule has 57 heavy (non-hydrogen) atoms. The Labute approximate surface area is 353 Å². The lowest BCUT2D eigenvalue weighted by atomic mass is 10.0. The number of unbranched alkanes of at least 4 members (excludes halogenated alkanes) is 26. The van der Waals surface area contributed by atoms with Gasteiger partial charge in [-0.05, 0) is 57.8 Å². The zero-order valence-corrected chi connectivity index (χ0v) is 38.0. The summed E-state index contributed by atoms with van der Waals surface area (Å²) in [6.07, 6.45) is 52.1. The number of amides is 1. The summed E-state index contributed by atoms with van der Waals surface area (Å²) in [6.45, 7) is 6.35. The second-order valence-corrected chi connectivity index (χ2v) is 16.8. The van der Waals surface area contributed by atoms with Gasteiger partial charge in [0.15, 0.2) is 0 Å². The van der Waals surface area contributed by atoms with Gasteiger partial charge in [-0.3, -0.25) is 9.59 Å². The van der Waals surface area contributed by atoms with Gasteiger partial charge in [0.05, 0.1) is 25.2 Å². The Bertz CT molecular complexity index is 946. The molecule has 334 valence electrons. The van der Waals surface area contributed by atoms with Gasteiger partial charge in [0.25, 0.3) is 0 Å². The zero-order valence-electron chi connectivity index (χ0n) is 38.0. The van der Waals surface area contributed by atoms with Crippen molar-refractivity contribution in [3.8, 4) is 0 Å². The van der Waals surface area contributed by atoms with E-state index in [0.717, 1.165) is 89.9 Å². The number of carbonyl (C=O) groups is 2. The Morgan fingerprint density at radius 2 is 0.947 bits per heavy atom. The van der Waals surface area contributed by atoms with E-state index in [1.807, 2.05) is 0 Å². The minimum Gasteiger partial charge on any atom is -0.462 e. The molecular weight excluding hydrogens is 707 g/mol. The fourth-order valence-corrected chi connectivity index (χ4v) is 7.50. The molecule has 0 saturated heterocycles. The summed E-state index contributed by atoms with van der Waals surface area (Å²) in [4.78, 5) is 26.0. The van der Waals surface area contributed by atoms with Crippen molar-refractivity contribution >= 4 is 11.9 Å². The van der Waals surface area contributed by atoms with Crippen molar-refractivity contribution < 1.29 is 24.5 Å². The minimum atomic E-state index is -0.790. The van der Waals surface area contributed by atoms with E-state index in [1.165, 1.54) is 116 Å². The second-order valence-electron chi connectivity index (χ2n) is 16.8. The molecule has 0 saturated carbocycles. The third-order valence-electron chi connectivity index (χ3n) is 11.2. The molecular formula is C51H95NO5. The van der Waals surface area contributed by atoms with Crippen LogP contribution in [0.25, 0.3) is 0 Å². The number of rotatable bonds is 44. The highest BCUT2D eigenvalue weighted by molar-refractivity contribution is 5.77. The summed E-state index contributed by atoms with van der Waals surface area (Å²) in [5, 5.41) is 23.7. The van der Waals surface area contributed by atoms with E-state index < -0.39 is 18.2 Å². The summed E-state index contributed by atoms with van der Waals surface area (Å²) >= 11 is 0. The number of esters is 1. The number of hydrogen-bond acceptors (Lipinski definition) is 5. The van der Waals surface area contributed by atoms with Crippen molar-refractivity contribution in [3.63, 3.8) is 0 Å². The fraction of sp³-hybridized carbons (Fsp3) is 0.843. The topological polar surface area (TPSA) is 95.9 Å². The van der Waals surface area contributed by atoms with Gasteiger partial charge in [0.2, 0.25) is 5.91 Å². The number of aliphatic hydroxyl groups is 2. The fourth-order valence-electron chi connectivity index (χ4n) is 7.50. The molecule has 0 aliphatic carbocycles. The molecule has 0 aliphatic rings. The first-order chi connectivity index (χ1) is 28.0. The van der Waals surface area contributed by atoms with Gasteiger partial charge in [0.1, 0.15) is 6.10 Å². The first-order valence-electron chi connectivity index (χ1n) is 24.7. The molecule has 0 heterocycles. The van der Waals surface area contributed by atoms with Gasteiger partial charge in [-0.2, -0.15) is 0 Å². The van der Waals surface area contributed by atoms with Crippen LogP contribution in [0.3, 0.4) is 0 Å². The first-order valence-corrected chi connectivity index (χ1v) is 24.7. The van der Waals surface area contributed by atoms with Gasteiger partial charge in [0, 0.05) is 6.42 Å². The van der Waals surface area contributed by atoms with Crippen molar-refractivity contribution in [3.05, 3.63) is 36.5 Å². The van der Waals surface area contributed by atoms with Crippen LogP contribution in [0.1, 0.15) is 252 Å².